The van der Waals surface area contributed by atoms with E-state index < -0.39 is 17.8 Å². The van der Waals surface area contributed by atoms with Crippen LogP contribution in [-0.4, -0.2) is 39.5 Å². The largest absolute Gasteiger partial charge is 0.494 e. The maximum absolute atomic E-state index is 13.0. The standard InChI is InChI=1S/C23H25F3N4O3/c1-13-16-10-19(28-22(32)17-4-3-5-21(27-17)23(24,25)26)20(33-2)11-18(16)29-30(13)15-8-6-14(12-31)7-9-15/h3-5,10-11,14-15,31H,6-9,12H2,1-2H3,(H,28,32)/t14-,15-. The summed E-state index contributed by atoms with van der Waals surface area (Å²) in [5.74, 6) is -0.0968. The van der Waals surface area contributed by atoms with Crippen molar-refractivity contribution in [2.75, 3.05) is 19.0 Å². The lowest BCUT2D eigenvalue weighted by molar-refractivity contribution is -0.141. The Morgan fingerprint density at radius 1 is 1.24 bits per heavy atom. The molecule has 2 heterocycles. The molecule has 1 aromatic carbocycles. The average molecular weight is 462 g/mol. The van der Waals surface area contributed by atoms with Crippen LogP contribution in [0.1, 0.15) is 53.6 Å². The van der Waals surface area contributed by atoms with Gasteiger partial charge in [0.25, 0.3) is 5.91 Å². The van der Waals surface area contributed by atoms with Crippen molar-refractivity contribution in [2.24, 2.45) is 5.92 Å². The Bertz CT molecular complexity index is 1170. The van der Waals surface area contributed by atoms with Crippen LogP contribution in [0.15, 0.2) is 30.3 Å². The molecular formula is C23H25F3N4O3. The molecule has 33 heavy (non-hydrogen) atoms. The van der Waals surface area contributed by atoms with Crippen LogP contribution in [0.25, 0.3) is 10.9 Å². The van der Waals surface area contributed by atoms with Gasteiger partial charge in [0.15, 0.2) is 0 Å². The Morgan fingerprint density at radius 3 is 2.61 bits per heavy atom. The number of aryl methyl sites for hydroxylation is 1. The summed E-state index contributed by atoms with van der Waals surface area (Å²) >= 11 is 0. The summed E-state index contributed by atoms with van der Waals surface area (Å²) in [6, 6.07) is 6.82. The second kappa shape index (κ2) is 9.01. The van der Waals surface area contributed by atoms with Crippen molar-refractivity contribution in [3.63, 3.8) is 0 Å². The first kappa shape index (κ1) is 23.0. The molecular weight excluding hydrogens is 437 g/mol. The molecule has 10 heteroatoms. The minimum Gasteiger partial charge on any atom is -0.494 e. The molecule has 1 amide bonds. The zero-order chi connectivity index (χ0) is 23.8. The van der Waals surface area contributed by atoms with Crippen LogP contribution in [0.2, 0.25) is 0 Å². The van der Waals surface area contributed by atoms with Gasteiger partial charge in [0.1, 0.15) is 17.1 Å². The molecule has 1 aliphatic carbocycles. The van der Waals surface area contributed by atoms with Gasteiger partial charge in [-0.05, 0) is 56.7 Å². The Hall–Kier alpha value is -3.14. The van der Waals surface area contributed by atoms with Crippen LogP contribution in [0.5, 0.6) is 5.75 Å². The number of benzene rings is 1. The number of aliphatic hydroxyl groups excluding tert-OH is 1. The zero-order valence-electron chi connectivity index (χ0n) is 18.3. The number of hydrogen-bond acceptors (Lipinski definition) is 5. The molecule has 0 saturated heterocycles. The minimum atomic E-state index is -4.64. The molecule has 4 rings (SSSR count). The average Bonchev–Trinajstić information content (AvgIpc) is 3.13. The molecule has 1 aliphatic rings. The maximum atomic E-state index is 13.0. The zero-order valence-corrected chi connectivity index (χ0v) is 18.3. The highest BCUT2D eigenvalue weighted by atomic mass is 19.4. The normalized spacial score (nSPS) is 19.0. The minimum absolute atomic E-state index is 0.202. The third-order valence-corrected chi connectivity index (χ3v) is 6.21. The first-order chi connectivity index (χ1) is 15.7. The van der Waals surface area contributed by atoms with Crippen molar-refractivity contribution in [3.8, 4) is 5.75 Å². The molecule has 0 radical (unpaired) electrons. The van der Waals surface area contributed by atoms with Gasteiger partial charge in [-0.3, -0.25) is 9.48 Å². The number of halogens is 3. The van der Waals surface area contributed by atoms with Gasteiger partial charge >= 0.3 is 6.18 Å². The summed E-state index contributed by atoms with van der Waals surface area (Å²) in [7, 11) is 1.44. The fourth-order valence-corrected chi connectivity index (χ4v) is 4.36. The van der Waals surface area contributed by atoms with E-state index in [1.807, 2.05) is 11.6 Å². The smallest absolute Gasteiger partial charge is 0.433 e. The van der Waals surface area contributed by atoms with Gasteiger partial charge in [-0.1, -0.05) is 6.07 Å². The van der Waals surface area contributed by atoms with Crippen molar-refractivity contribution in [3.05, 3.63) is 47.4 Å². The van der Waals surface area contributed by atoms with E-state index in [4.69, 9.17) is 9.84 Å². The maximum Gasteiger partial charge on any atom is 0.433 e. The first-order valence-electron chi connectivity index (χ1n) is 10.7. The Labute approximate surface area is 188 Å². The molecule has 0 spiro atoms. The number of nitrogens with one attached hydrogen (secondary N) is 1. The summed E-state index contributed by atoms with van der Waals surface area (Å²) < 4.78 is 46.3. The van der Waals surface area contributed by atoms with E-state index in [1.165, 1.54) is 13.2 Å². The number of carbonyl (C=O) groups excluding carboxylic acids is 1. The van der Waals surface area contributed by atoms with Crippen molar-refractivity contribution in [1.82, 2.24) is 14.8 Å². The monoisotopic (exact) mass is 462 g/mol. The van der Waals surface area contributed by atoms with Gasteiger partial charge < -0.3 is 15.2 Å². The highest BCUT2D eigenvalue weighted by Gasteiger charge is 2.33. The Balaban J connectivity index is 1.63. The topological polar surface area (TPSA) is 89.3 Å². The number of rotatable bonds is 5. The van der Waals surface area contributed by atoms with Crippen molar-refractivity contribution < 1.29 is 27.8 Å². The number of pyridine rings is 1. The second-order valence-electron chi connectivity index (χ2n) is 8.32. The number of aromatic nitrogens is 3. The van der Waals surface area contributed by atoms with Crippen molar-refractivity contribution >= 4 is 22.5 Å². The van der Waals surface area contributed by atoms with E-state index in [0.717, 1.165) is 48.9 Å². The van der Waals surface area contributed by atoms with E-state index in [0.29, 0.717) is 22.9 Å². The number of alkyl halides is 3. The number of fused-ring (bicyclic) bond motifs is 1. The fourth-order valence-electron chi connectivity index (χ4n) is 4.36. The predicted molar refractivity (Wildman–Crippen MR) is 116 cm³/mol. The summed E-state index contributed by atoms with van der Waals surface area (Å²) in [5, 5.41) is 17.6. The van der Waals surface area contributed by atoms with E-state index >= 15 is 0 Å². The Morgan fingerprint density at radius 2 is 1.97 bits per heavy atom. The number of nitrogens with zero attached hydrogens (tertiary/aromatic N) is 3. The van der Waals surface area contributed by atoms with Gasteiger partial charge in [0, 0.05) is 23.8 Å². The highest BCUT2D eigenvalue weighted by molar-refractivity contribution is 6.05. The van der Waals surface area contributed by atoms with E-state index in [9.17, 15) is 23.1 Å². The lowest BCUT2D eigenvalue weighted by atomic mass is 9.86. The molecule has 2 N–H and O–H groups in total. The van der Waals surface area contributed by atoms with Crippen molar-refractivity contribution in [2.45, 2.75) is 44.8 Å². The molecule has 0 unspecified atom stereocenters. The molecule has 1 fully saturated rings. The molecule has 7 nitrogen and oxygen atoms in total. The first-order valence-corrected chi connectivity index (χ1v) is 10.7. The van der Waals surface area contributed by atoms with E-state index in [-0.39, 0.29) is 18.3 Å². The van der Waals surface area contributed by atoms with Crippen LogP contribution in [0, 0.1) is 12.8 Å². The van der Waals surface area contributed by atoms with Gasteiger partial charge in [-0.15, -0.1) is 0 Å². The lowest BCUT2D eigenvalue weighted by Gasteiger charge is -2.28. The number of aliphatic hydroxyl groups is 1. The summed E-state index contributed by atoms with van der Waals surface area (Å²) in [5.41, 5.74) is 0.461. The van der Waals surface area contributed by atoms with E-state index in [2.05, 4.69) is 10.3 Å². The predicted octanol–water partition coefficient (Wildman–Crippen LogP) is 4.74. The van der Waals surface area contributed by atoms with Crippen LogP contribution in [0.3, 0.4) is 0 Å². The number of amides is 1. The number of hydrogen-bond donors (Lipinski definition) is 2. The molecule has 0 atom stereocenters. The molecule has 0 bridgehead atoms. The lowest BCUT2D eigenvalue weighted by Crippen LogP contribution is -2.21. The third kappa shape index (κ3) is 4.66. The second-order valence-corrected chi connectivity index (χ2v) is 8.32. The third-order valence-electron chi connectivity index (χ3n) is 6.21. The van der Waals surface area contributed by atoms with Crippen molar-refractivity contribution in [1.29, 1.82) is 0 Å². The van der Waals surface area contributed by atoms with Crippen LogP contribution < -0.4 is 10.1 Å². The molecule has 3 aromatic rings. The Kier molecular flexibility index (Phi) is 6.29. The summed E-state index contributed by atoms with van der Waals surface area (Å²) in [6.07, 6.45) is -0.935. The molecule has 1 saturated carbocycles. The highest BCUT2D eigenvalue weighted by Crippen LogP contribution is 2.37. The number of anilines is 1. The molecule has 176 valence electrons. The number of ether oxygens (including phenoxy) is 1. The summed E-state index contributed by atoms with van der Waals surface area (Å²) in [4.78, 5) is 16.1. The summed E-state index contributed by atoms with van der Waals surface area (Å²) in [6.45, 7) is 2.15. The van der Waals surface area contributed by atoms with Crippen LogP contribution >= 0.6 is 0 Å². The van der Waals surface area contributed by atoms with Gasteiger partial charge in [0.2, 0.25) is 0 Å². The number of methoxy groups -OCH3 is 1. The number of carbonyl (C=O) groups is 1. The van der Waals surface area contributed by atoms with Crippen LogP contribution in [0.4, 0.5) is 18.9 Å². The van der Waals surface area contributed by atoms with E-state index in [1.54, 1.807) is 12.1 Å². The van der Waals surface area contributed by atoms with Crippen LogP contribution in [-0.2, 0) is 6.18 Å². The quantitative estimate of drug-likeness (QED) is 0.572. The molecule has 2 aromatic heterocycles. The van der Waals surface area contributed by atoms with Gasteiger partial charge in [-0.2, -0.15) is 18.3 Å². The van der Waals surface area contributed by atoms with Gasteiger partial charge in [-0.25, -0.2) is 4.98 Å². The molecule has 0 aliphatic heterocycles. The fraction of sp³-hybridized carbons (Fsp3) is 0.435. The SMILES string of the molecule is COc1cc2nn([C@H]3CC[C@H](CO)CC3)c(C)c2cc1NC(=O)c1cccc(C(F)(F)F)n1. The van der Waals surface area contributed by atoms with Gasteiger partial charge in [0.05, 0.1) is 24.4 Å².